The molecule has 1 aliphatic rings. The Labute approximate surface area is 185 Å². The molecule has 29 heavy (non-hydrogen) atoms. The third-order valence-electron chi connectivity index (χ3n) is 6.71. The van der Waals surface area contributed by atoms with E-state index in [0.717, 1.165) is 29.3 Å². The van der Waals surface area contributed by atoms with E-state index >= 15 is 0 Å². The van der Waals surface area contributed by atoms with Crippen LogP contribution in [0.15, 0.2) is 48.5 Å². The van der Waals surface area contributed by atoms with Crippen molar-refractivity contribution in [3.8, 4) is 6.07 Å². The first-order valence-electron chi connectivity index (χ1n) is 10.6. The summed E-state index contributed by atoms with van der Waals surface area (Å²) in [5, 5.41) is 15.1. The molecule has 1 saturated heterocycles. The number of rotatable bonds is 6. The molecule has 4 heteroatoms. The van der Waals surface area contributed by atoms with E-state index in [-0.39, 0.29) is 23.4 Å². The van der Waals surface area contributed by atoms with E-state index < -0.39 is 0 Å². The molecule has 3 rings (SSSR count). The second-order valence-electron chi connectivity index (χ2n) is 8.60. The highest BCUT2D eigenvalue weighted by atomic mass is 35.5. The first-order chi connectivity index (χ1) is 13.9. The van der Waals surface area contributed by atoms with Gasteiger partial charge in [0.1, 0.15) is 0 Å². The fraction of sp³-hybridized carbons (Fsp3) is 0.480. The molecule has 154 valence electrons. The second kappa shape index (κ2) is 9.52. The van der Waals surface area contributed by atoms with Crippen molar-refractivity contribution in [2.75, 3.05) is 0 Å². The Morgan fingerprint density at radius 1 is 1.07 bits per heavy atom. The molecule has 0 saturated carbocycles. The van der Waals surface area contributed by atoms with E-state index in [1.807, 2.05) is 24.3 Å². The van der Waals surface area contributed by atoms with Crippen LogP contribution in [0, 0.1) is 22.7 Å². The number of benzene rings is 2. The van der Waals surface area contributed by atoms with Gasteiger partial charge < -0.3 is 5.32 Å². The van der Waals surface area contributed by atoms with E-state index in [0.29, 0.717) is 12.3 Å². The lowest BCUT2D eigenvalue weighted by Gasteiger charge is -2.51. The van der Waals surface area contributed by atoms with Crippen molar-refractivity contribution in [3.05, 3.63) is 69.7 Å². The van der Waals surface area contributed by atoms with Gasteiger partial charge in [-0.1, -0.05) is 81.1 Å². The monoisotopic (exact) mass is 428 g/mol. The third-order valence-corrected chi connectivity index (χ3v) is 7.19. The zero-order valence-electron chi connectivity index (χ0n) is 17.5. The van der Waals surface area contributed by atoms with Gasteiger partial charge in [-0.25, -0.2) is 0 Å². The largest absolute Gasteiger partial charge is 0.306 e. The molecule has 0 bridgehead atoms. The van der Waals surface area contributed by atoms with Gasteiger partial charge in [0.2, 0.25) is 0 Å². The molecular formula is C25H30Cl2N2. The van der Waals surface area contributed by atoms with Crippen LogP contribution < -0.4 is 5.32 Å². The SMILES string of the molecule is CCC(CC)C1NC(c2ccc(Cl)cc2)C(c2cccc(Cl)c2)CC1(C)CC#N. The standard InChI is InChI=1S/C25H30Cl2N2/c1-4-17(5-2)24-25(3,13-14-28)16-22(19-7-6-8-21(27)15-19)23(29-24)18-9-11-20(26)12-10-18/h6-12,15,17,22-24,29H,4-5,13,16H2,1-3H3. The number of hydrogen-bond donors (Lipinski definition) is 1. The maximum atomic E-state index is 9.63. The van der Waals surface area contributed by atoms with Gasteiger partial charge in [0, 0.05) is 34.5 Å². The van der Waals surface area contributed by atoms with Gasteiger partial charge >= 0.3 is 0 Å². The average Bonchev–Trinajstić information content (AvgIpc) is 2.71. The average molecular weight is 429 g/mol. The van der Waals surface area contributed by atoms with E-state index in [4.69, 9.17) is 23.2 Å². The number of nitrogens with one attached hydrogen (secondary N) is 1. The van der Waals surface area contributed by atoms with Crippen LogP contribution in [0.25, 0.3) is 0 Å². The van der Waals surface area contributed by atoms with E-state index in [9.17, 15) is 5.26 Å². The van der Waals surface area contributed by atoms with E-state index in [1.54, 1.807) is 0 Å². The quantitative estimate of drug-likeness (QED) is 0.515. The summed E-state index contributed by atoms with van der Waals surface area (Å²) in [5.41, 5.74) is 2.35. The van der Waals surface area contributed by atoms with Crippen LogP contribution in [0.3, 0.4) is 0 Å². The van der Waals surface area contributed by atoms with Gasteiger partial charge in [-0.15, -0.1) is 0 Å². The predicted octanol–water partition coefficient (Wildman–Crippen LogP) is 7.54. The van der Waals surface area contributed by atoms with Crippen LogP contribution in [0.4, 0.5) is 0 Å². The first-order valence-corrected chi connectivity index (χ1v) is 11.3. The van der Waals surface area contributed by atoms with Crippen LogP contribution in [0.2, 0.25) is 10.0 Å². The molecule has 1 N–H and O–H groups in total. The van der Waals surface area contributed by atoms with E-state index in [2.05, 4.69) is 56.4 Å². The van der Waals surface area contributed by atoms with Gasteiger partial charge in [-0.3, -0.25) is 0 Å². The van der Waals surface area contributed by atoms with Crippen LogP contribution in [0.5, 0.6) is 0 Å². The van der Waals surface area contributed by atoms with Crippen molar-refractivity contribution >= 4 is 23.2 Å². The number of hydrogen-bond acceptors (Lipinski definition) is 2. The second-order valence-corrected chi connectivity index (χ2v) is 9.48. The molecule has 2 aromatic carbocycles. The fourth-order valence-electron chi connectivity index (χ4n) is 5.13. The zero-order chi connectivity index (χ0) is 21.0. The number of halogens is 2. The van der Waals surface area contributed by atoms with Gasteiger partial charge in [-0.05, 0) is 53.1 Å². The normalized spacial score (nSPS) is 27.0. The smallest absolute Gasteiger partial charge is 0.0628 e. The van der Waals surface area contributed by atoms with Crippen molar-refractivity contribution in [1.82, 2.24) is 5.32 Å². The molecule has 0 aromatic heterocycles. The van der Waals surface area contributed by atoms with Crippen molar-refractivity contribution in [2.24, 2.45) is 11.3 Å². The molecule has 4 atom stereocenters. The molecule has 0 radical (unpaired) electrons. The molecule has 4 unspecified atom stereocenters. The van der Waals surface area contributed by atoms with Crippen LogP contribution in [-0.2, 0) is 0 Å². The van der Waals surface area contributed by atoms with Crippen LogP contribution in [0.1, 0.15) is 69.5 Å². The molecule has 1 fully saturated rings. The minimum atomic E-state index is -0.0959. The molecule has 0 spiro atoms. The molecule has 0 aliphatic carbocycles. The third kappa shape index (κ3) is 4.80. The Bertz CT molecular complexity index is 854. The topological polar surface area (TPSA) is 35.8 Å². The molecule has 1 heterocycles. The maximum Gasteiger partial charge on any atom is 0.0628 e. The molecule has 0 amide bonds. The molecule has 2 aromatic rings. The summed E-state index contributed by atoms with van der Waals surface area (Å²) >= 11 is 12.5. The van der Waals surface area contributed by atoms with Crippen molar-refractivity contribution in [3.63, 3.8) is 0 Å². The zero-order valence-corrected chi connectivity index (χ0v) is 19.0. The highest BCUT2D eigenvalue weighted by molar-refractivity contribution is 6.30. The van der Waals surface area contributed by atoms with E-state index in [1.165, 1.54) is 11.1 Å². The Balaban J connectivity index is 2.08. The first kappa shape index (κ1) is 22.2. The van der Waals surface area contributed by atoms with Gasteiger partial charge in [0.15, 0.2) is 0 Å². The Morgan fingerprint density at radius 3 is 2.34 bits per heavy atom. The minimum Gasteiger partial charge on any atom is -0.306 e. The van der Waals surface area contributed by atoms with Crippen LogP contribution in [-0.4, -0.2) is 6.04 Å². The Kier molecular flexibility index (Phi) is 7.28. The molecule has 2 nitrogen and oxygen atoms in total. The summed E-state index contributed by atoms with van der Waals surface area (Å²) < 4.78 is 0. The maximum absolute atomic E-state index is 9.63. The molecule has 1 aliphatic heterocycles. The predicted molar refractivity (Wildman–Crippen MR) is 122 cm³/mol. The summed E-state index contributed by atoms with van der Waals surface area (Å²) in [4.78, 5) is 0. The number of nitriles is 1. The lowest BCUT2D eigenvalue weighted by Crippen LogP contribution is -2.55. The Hall–Kier alpha value is -1.53. The lowest BCUT2D eigenvalue weighted by atomic mass is 9.61. The minimum absolute atomic E-state index is 0.0959. The lowest BCUT2D eigenvalue weighted by molar-refractivity contribution is 0.0664. The van der Waals surface area contributed by atoms with Crippen molar-refractivity contribution < 1.29 is 0 Å². The summed E-state index contributed by atoms with van der Waals surface area (Å²) in [5.74, 6) is 0.766. The number of nitrogens with zero attached hydrogens (tertiary/aromatic N) is 1. The van der Waals surface area contributed by atoms with Crippen molar-refractivity contribution in [2.45, 2.75) is 64.5 Å². The summed E-state index contributed by atoms with van der Waals surface area (Å²) in [6.45, 7) is 6.79. The van der Waals surface area contributed by atoms with Crippen molar-refractivity contribution in [1.29, 1.82) is 5.26 Å². The van der Waals surface area contributed by atoms with Gasteiger partial charge in [0.25, 0.3) is 0 Å². The fourth-order valence-corrected chi connectivity index (χ4v) is 5.46. The Morgan fingerprint density at radius 2 is 1.76 bits per heavy atom. The molecular weight excluding hydrogens is 399 g/mol. The summed E-state index contributed by atoms with van der Waals surface area (Å²) in [6.07, 6.45) is 3.70. The summed E-state index contributed by atoms with van der Waals surface area (Å²) in [6, 6.07) is 19.2. The van der Waals surface area contributed by atoms with Gasteiger partial charge in [-0.2, -0.15) is 5.26 Å². The number of piperidine rings is 1. The van der Waals surface area contributed by atoms with Crippen LogP contribution >= 0.6 is 23.2 Å². The highest BCUT2D eigenvalue weighted by Crippen LogP contribution is 2.51. The summed E-state index contributed by atoms with van der Waals surface area (Å²) in [7, 11) is 0. The highest BCUT2D eigenvalue weighted by Gasteiger charge is 2.47. The van der Waals surface area contributed by atoms with Gasteiger partial charge in [0.05, 0.1) is 6.07 Å².